The van der Waals surface area contributed by atoms with Gasteiger partial charge in [-0.2, -0.15) is 26.3 Å². The van der Waals surface area contributed by atoms with Gasteiger partial charge in [-0.25, -0.2) is 0 Å². The van der Waals surface area contributed by atoms with Crippen molar-refractivity contribution in [2.75, 3.05) is 0 Å². The number of rotatable bonds is 4. The fraction of sp³-hybridized carbons (Fsp3) is 0.154. The second-order valence-corrected chi connectivity index (χ2v) is 10.1. The van der Waals surface area contributed by atoms with Gasteiger partial charge in [0.2, 0.25) is 5.60 Å². The van der Waals surface area contributed by atoms with Crippen LogP contribution in [-0.2, 0) is 23.2 Å². The molecule has 1 N–H and O–H groups in total. The third kappa shape index (κ3) is 4.70. The Morgan fingerprint density at radius 1 is 0.923 bits per heavy atom. The molecule has 0 spiro atoms. The largest absolute Gasteiger partial charge is 0.428 e. The summed E-state index contributed by atoms with van der Waals surface area (Å²) in [7, 11) is 0. The minimum atomic E-state index is -5.15. The molecule has 0 aliphatic carbocycles. The van der Waals surface area contributed by atoms with Crippen LogP contribution in [0.2, 0.25) is 5.02 Å². The van der Waals surface area contributed by atoms with E-state index in [9.17, 15) is 35.9 Å². The summed E-state index contributed by atoms with van der Waals surface area (Å²) in [5.74, 6) is -1.02. The van der Waals surface area contributed by atoms with Crippen molar-refractivity contribution in [1.82, 2.24) is 10.4 Å². The topological polar surface area (TPSA) is 58.6 Å². The average Bonchev–Trinajstić information content (AvgIpc) is 3.42. The van der Waals surface area contributed by atoms with Crippen LogP contribution in [0.15, 0.2) is 71.2 Å². The van der Waals surface area contributed by atoms with Crippen LogP contribution in [0.25, 0.3) is 5.70 Å². The molecule has 5 nitrogen and oxygen atoms in total. The van der Waals surface area contributed by atoms with Gasteiger partial charge in [0.1, 0.15) is 0 Å². The third-order valence-electron chi connectivity index (χ3n) is 6.32. The van der Waals surface area contributed by atoms with Gasteiger partial charge in [0, 0.05) is 20.6 Å². The van der Waals surface area contributed by atoms with E-state index in [0.29, 0.717) is 23.8 Å². The zero-order chi connectivity index (χ0) is 28.3. The van der Waals surface area contributed by atoms with Crippen LogP contribution in [-0.4, -0.2) is 22.9 Å². The second kappa shape index (κ2) is 9.39. The van der Waals surface area contributed by atoms with Gasteiger partial charge in [-0.3, -0.25) is 24.8 Å². The van der Waals surface area contributed by atoms with Gasteiger partial charge < -0.3 is 0 Å². The molecule has 2 heterocycles. The minimum Gasteiger partial charge on any atom is -0.270 e. The third-order valence-corrected chi connectivity index (χ3v) is 7.13. The lowest BCUT2D eigenvalue weighted by Gasteiger charge is -2.29. The lowest BCUT2D eigenvalue weighted by atomic mass is 9.90. The maximum absolute atomic E-state index is 14.3. The Balaban J connectivity index is 1.48. The van der Waals surface area contributed by atoms with Crippen molar-refractivity contribution < 1.29 is 40.8 Å². The van der Waals surface area contributed by atoms with Gasteiger partial charge in [-0.15, -0.1) is 0 Å². The Hall–Kier alpha value is -3.35. The number of hydrogen-bond acceptors (Lipinski definition) is 4. The van der Waals surface area contributed by atoms with Crippen LogP contribution in [0.4, 0.5) is 26.3 Å². The molecule has 2 aliphatic heterocycles. The molecule has 0 saturated carbocycles. The van der Waals surface area contributed by atoms with E-state index in [4.69, 9.17) is 16.4 Å². The number of alkyl halides is 6. The van der Waals surface area contributed by atoms with Crippen molar-refractivity contribution in [3.05, 3.63) is 110 Å². The summed E-state index contributed by atoms with van der Waals surface area (Å²) < 4.78 is 82.6. The van der Waals surface area contributed by atoms with Crippen molar-refractivity contribution in [1.29, 1.82) is 0 Å². The number of hydrogen-bond donors (Lipinski definition) is 1. The molecule has 13 heteroatoms. The minimum absolute atomic E-state index is 0.0399. The number of hydroxylamine groups is 1. The normalized spacial score (nSPS) is 19.3. The van der Waals surface area contributed by atoms with Gasteiger partial charge >= 0.3 is 12.4 Å². The highest BCUT2D eigenvalue weighted by molar-refractivity contribution is 9.10. The second-order valence-electron chi connectivity index (χ2n) is 8.77. The van der Waals surface area contributed by atoms with Crippen LogP contribution in [0.5, 0.6) is 0 Å². The molecule has 3 aromatic carbocycles. The lowest BCUT2D eigenvalue weighted by Crippen LogP contribution is -2.42. The van der Waals surface area contributed by atoms with Crippen LogP contribution in [0, 0.1) is 0 Å². The molecule has 0 fully saturated rings. The number of fused-ring (bicyclic) bond motifs is 1. The Bertz CT molecular complexity index is 1520. The average molecular weight is 632 g/mol. The molecular formula is C26H14BrClF6N2O3. The highest BCUT2D eigenvalue weighted by Crippen LogP contribution is 2.49. The summed E-state index contributed by atoms with van der Waals surface area (Å²) in [5.41, 5.74) is -2.40. The van der Waals surface area contributed by atoms with Crippen LogP contribution < -0.4 is 5.48 Å². The molecule has 1 unspecified atom stereocenters. The van der Waals surface area contributed by atoms with Crippen molar-refractivity contribution in [3.8, 4) is 0 Å². The molecule has 3 aromatic rings. The number of halogens is 8. The van der Waals surface area contributed by atoms with E-state index >= 15 is 0 Å². The van der Waals surface area contributed by atoms with E-state index in [1.807, 2.05) is 0 Å². The Labute approximate surface area is 230 Å². The Kier molecular flexibility index (Phi) is 6.55. The SMILES string of the molecule is O=C1c2ccccc2C(=O)N1Cc1ccc(C2=CC(c3cc(Br)cc(C(F)(F)F)c3)(C(F)(F)F)ON2)cc1Cl. The monoisotopic (exact) mass is 630 g/mol. The Morgan fingerprint density at radius 3 is 2.13 bits per heavy atom. The number of carbonyl (C=O) groups is 2. The van der Waals surface area contributed by atoms with E-state index in [-0.39, 0.29) is 38.4 Å². The highest BCUT2D eigenvalue weighted by atomic mass is 79.9. The first-order valence-corrected chi connectivity index (χ1v) is 12.2. The number of nitrogens with one attached hydrogen (secondary N) is 1. The molecule has 0 saturated heterocycles. The van der Waals surface area contributed by atoms with Crippen molar-refractivity contribution in [2.24, 2.45) is 0 Å². The fourth-order valence-corrected chi connectivity index (χ4v) is 5.08. The van der Waals surface area contributed by atoms with E-state index in [2.05, 4.69) is 21.4 Å². The number of carbonyl (C=O) groups excluding carboxylic acids is 2. The summed E-state index contributed by atoms with van der Waals surface area (Å²) in [6, 6.07) is 12.3. The highest BCUT2D eigenvalue weighted by Gasteiger charge is 2.60. The number of amides is 2. The quantitative estimate of drug-likeness (QED) is 0.244. The van der Waals surface area contributed by atoms with Crippen LogP contribution >= 0.6 is 27.5 Å². The van der Waals surface area contributed by atoms with Gasteiger partial charge in [0.25, 0.3) is 11.8 Å². The Morgan fingerprint density at radius 2 is 1.56 bits per heavy atom. The van der Waals surface area contributed by atoms with Crippen LogP contribution in [0.3, 0.4) is 0 Å². The standard InChI is InChI=1S/C26H14BrClF6N2O3/c27-17-9-15(8-16(10-17)25(29,30)31)24(26(32,33)34)11-21(35-39-24)13-5-6-14(20(28)7-13)12-36-22(37)18-3-1-2-4-19(18)23(36)38/h1-11,35H,12H2. The zero-order valence-corrected chi connectivity index (χ0v) is 21.6. The van der Waals surface area contributed by atoms with E-state index in [1.165, 1.54) is 30.3 Å². The molecule has 5 rings (SSSR count). The number of benzene rings is 3. The van der Waals surface area contributed by atoms with Crippen molar-refractivity contribution in [2.45, 2.75) is 24.5 Å². The smallest absolute Gasteiger partial charge is 0.270 e. The molecule has 0 bridgehead atoms. The first kappa shape index (κ1) is 27.2. The van der Waals surface area contributed by atoms with E-state index in [0.717, 1.165) is 11.0 Å². The van der Waals surface area contributed by atoms with Gasteiger partial charge in [-0.1, -0.05) is 51.8 Å². The van der Waals surface area contributed by atoms with Crippen LogP contribution in [0.1, 0.15) is 43.0 Å². The molecule has 0 radical (unpaired) electrons. The summed E-state index contributed by atoms with van der Waals surface area (Å²) in [6.45, 7) is -0.181. The first-order chi connectivity index (χ1) is 18.2. The van der Waals surface area contributed by atoms with Crippen molar-refractivity contribution >= 4 is 45.0 Å². The molecule has 0 aromatic heterocycles. The molecular weight excluding hydrogens is 618 g/mol. The lowest BCUT2D eigenvalue weighted by molar-refractivity contribution is -0.269. The maximum Gasteiger partial charge on any atom is 0.428 e. The number of imide groups is 1. The summed E-state index contributed by atoms with van der Waals surface area (Å²) in [5, 5.41) is 0.0399. The molecule has 2 aliphatic rings. The fourth-order valence-electron chi connectivity index (χ4n) is 4.35. The van der Waals surface area contributed by atoms with E-state index in [1.54, 1.807) is 12.1 Å². The maximum atomic E-state index is 14.3. The predicted molar refractivity (Wildman–Crippen MR) is 131 cm³/mol. The summed E-state index contributed by atoms with van der Waals surface area (Å²) in [6.07, 6.45) is -9.42. The number of nitrogens with zero attached hydrogens (tertiary/aromatic N) is 1. The molecule has 202 valence electrons. The van der Waals surface area contributed by atoms with Gasteiger partial charge in [0.15, 0.2) is 0 Å². The molecule has 39 heavy (non-hydrogen) atoms. The van der Waals surface area contributed by atoms with Gasteiger partial charge in [0.05, 0.1) is 28.9 Å². The first-order valence-electron chi connectivity index (χ1n) is 11.1. The summed E-state index contributed by atoms with van der Waals surface area (Å²) >= 11 is 9.21. The predicted octanol–water partition coefficient (Wildman–Crippen LogP) is 7.25. The van der Waals surface area contributed by atoms with Gasteiger partial charge in [-0.05, 0) is 48.0 Å². The molecule has 1 atom stereocenters. The molecule has 2 amide bonds. The zero-order valence-electron chi connectivity index (χ0n) is 19.3. The van der Waals surface area contributed by atoms with Crippen molar-refractivity contribution in [3.63, 3.8) is 0 Å². The summed E-state index contributed by atoms with van der Waals surface area (Å²) in [4.78, 5) is 31.2. The van der Waals surface area contributed by atoms with E-state index < -0.39 is 40.9 Å².